The fraction of sp³-hybridized carbons (Fsp3) is 0. The number of pyridine rings is 1. The molecule has 0 radical (unpaired) electrons. The highest BCUT2D eigenvalue weighted by molar-refractivity contribution is 5.70. The first-order chi connectivity index (χ1) is 9.86. The van der Waals surface area contributed by atoms with E-state index < -0.39 is 0 Å². The van der Waals surface area contributed by atoms with Gasteiger partial charge in [0.25, 0.3) is 0 Å². The summed E-state index contributed by atoms with van der Waals surface area (Å²) in [5.41, 5.74) is 4.77. The molecule has 3 rings (SSSR count). The van der Waals surface area contributed by atoms with Gasteiger partial charge in [0.2, 0.25) is 0 Å². The summed E-state index contributed by atoms with van der Waals surface area (Å²) in [6.45, 7) is 0. The molecule has 1 heterocycles. The van der Waals surface area contributed by atoms with Gasteiger partial charge in [-0.15, -0.1) is 0 Å². The topological polar surface area (TPSA) is 36.7 Å². The molecule has 0 saturated carbocycles. The highest BCUT2D eigenvalue weighted by Crippen LogP contribution is 2.24. The summed E-state index contributed by atoms with van der Waals surface area (Å²) in [5, 5.41) is 8.97. The molecule has 0 bridgehead atoms. The van der Waals surface area contributed by atoms with Crippen molar-refractivity contribution < 1.29 is 0 Å². The van der Waals surface area contributed by atoms with Crippen molar-refractivity contribution in [3.05, 3.63) is 78.5 Å². The van der Waals surface area contributed by atoms with Gasteiger partial charge in [-0.25, -0.2) is 0 Å². The van der Waals surface area contributed by atoms with Gasteiger partial charge in [0.1, 0.15) is 0 Å². The number of nitrogens with zero attached hydrogens (tertiary/aromatic N) is 2. The molecule has 1 aromatic heterocycles. The van der Waals surface area contributed by atoms with E-state index in [9.17, 15) is 0 Å². The Balaban J connectivity index is 2.06. The molecule has 2 aromatic carbocycles. The second-order valence-electron chi connectivity index (χ2n) is 4.49. The number of hydrogen-bond donors (Lipinski definition) is 0. The van der Waals surface area contributed by atoms with Gasteiger partial charge in [-0.05, 0) is 35.4 Å². The second-order valence-corrected chi connectivity index (χ2v) is 4.49. The minimum atomic E-state index is 0.648. The van der Waals surface area contributed by atoms with Crippen LogP contribution in [0.3, 0.4) is 0 Å². The Morgan fingerprint density at radius 2 is 1.55 bits per heavy atom. The average Bonchev–Trinajstić information content (AvgIpc) is 2.56. The van der Waals surface area contributed by atoms with Crippen molar-refractivity contribution in [2.24, 2.45) is 0 Å². The van der Waals surface area contributed by atoms with Gasteiger partial charge in [-0.2, -0.15) is 5.26 Å². The Morgan fingerprint density at radius 1 is 0.750 bits per heavy atom. The lowest BCUT2D eigenvalue weighted by molar-refractivity contribution is 1.32. The molecule has 0 fully saturated rings. The molecule has 0 saturated heterocycles. The van der Waals surface area contributed by atoms with E-state index in [-0.39, 0.29) is 0 Å². The summed E-state index contributed by atoms with van der Waals surface area (Å²) in [7, 11) is 0. The maximum absolute atomic E-state index is 8.97. The molecule has 0 atom stereocenters. The molecule has 2 heteroatoms. The Kier molecular flexibility index (Phi) is 3.26. The van der Waals surface area contributed by atoms with Crippen molar-refractivity contribution in [2.45, 2.75) is 0 Å². The summed E-state index contributed by atoms with van der Waals surface area (Å²) in [5.74, 6) is 0. The van der Waals surface area contributed by atoms with Gasteiger partial charge in [0, 0.05) is 11.8 Å². The van der Waals surface area contributed by atoms with Crippen molar-refractivity contribution in [1.29, 1.82) is 5.26 Å². The quantitative estimate of drug-likeness (QED) is 0.686. The third-order valence-corrected chi connectivity index (χ3v) is 3.15. The maximum atomic E-state index is 8.97. The minimum Gasteiger partial charge on any atom is -0.256 e. The molecular weight excluding hydrogens is 244 g/mol. The Labute approximate surface area is 118 Å². The molecule has 94 valence electrons. The van der Waals surface area contributed by atoms with Crippen LogP contribution in [0.2, 0.25) is 0 Å². The van der Waals surface area contributed by atoms with Gasteiger partial charge in [0.05, 0.1) is 17.3 Å². The average molecular weight is 256 g/mol. The number of benzene rings is 2. The molecule has 0 aliphatic carbocycles. The number of nitriles is 1. The van der Waals surface area contributed by atoms with E-state index in [0.717, 1.165) is 22.4 Å². The summed E-state index contributed by atoms with van der Waals surface area (Å²) >= 11 is 0. The molecule has 20 heavy (non-hydrogen) atoms. The van der Waals surface area contributed by atoms with E-state index in [1.165, 1.54) is 0 Å². The summed E-state index contributed by atoms with van der Waals surface area (Å²) in [4.78, 5) is 4.40. The zero-order valence-electron chi connectivity index (χ0n) is 10.8. The van der Waals surface area contributed by atoms with Gasteiger partial charge in [-0.1, -0.05) is 42.5 Å². The molecule has 0 aliphatic heterocycles. The van der Waals surface area contributed by atoms with E-state index in [1.54, 1.807) is 12.3 Å². The molecule has 2 nitrogen and oxygen atoms in total. The van der Waals surface area contributed by atoms with Crippen LogP contribution in [0.15, 0.2) is 72.9 Å². The normalized spacial score (nSPS) is 9.95. The molecule has 0 spiro atoms. The largest absolute Gasteiger partial charge is 0.256 e. The monoisotopic (exact) mass is 256 g/mol. The van der Waals surface area contributed by atoms with E-state index >= 15 is 0 Å². The van der Waals surface area contributed by atoms with Crippen LogP contribution >= 0.6 is 0 Å². The van der Waals surface area contributed by atoms with Crippen molar-refractivity contribution in [2.75, 3.05) is 0 Å². The van der Waals surface area contributed by atoms with Crippen LogP contribution in [0.1, 0.15) is 5.56 Å². The lowest BCUT2D eigenvalue weighted by atomic mass is 10.0. The third kappa shape index (κ3) is 2.43. The smallest absolute Gasteiger partial charge is 0.0991 e. The summed E-state index contributed by atoms with van der Waals surface area (Å²) < 4.78 is 0. The molecular formula is C18H12N2. The van der Waals surface area contributed by atoms with Crippen molar-refractivity contribution >= 4 is 0 Å². The third-order valence-electron chi connectivity index (χ3n) is 3.15. The lowest BCUT2D eigenvalue weighted by Gasteiger charge is -2.05. The lowest BCUT2D eigenvalue weighted by Crippen LogP contribution is -1.86. The van der Waals surface area contributed by atoms with Gasteiger partial charge >= 0.3 is 0 Å². The van der Waals surface area contributed by atoms with E-state index in [0.29, 0.717) is 5.56 Å². The van der Waals surface area contributed by atoms with E-state index in [2.05, 4.69) is 23.2 Å². The molecule has 0 aliphatic rings. The van der Waals surface area contributed by atoms with E-state index in [1.807, 2.05) is 48.5 Å². The molecule has 3 aromatic rings. The maximum Gasteiger partial charge on any atom is 0.0991 e. The van der Waals surface area contributed by atoms with Crippen LogP contribution in [0, 0.1) is 11.3 Å². The highest BCUT2D eigenvalue weighted by Gasteiger charge is 2.03. The van der Waals surface area contributed by atoms with Crippen molar-refractivity contribution in [3.8, 4) is 28.5 Å². The first kappa shape index (κ1) is 12.1. The Bertz CT molecular complexity index is 771. The van der Waals surface area contributed by atoms with Crippen LogP contribution in [0.5, 0.6) is 0 Å². The van der Waals surface area contributed by atoms with Gasteiger partial charge in [-0.3, -0.25) is 4.98 Å². The first-order valence-corrected chi connectivity index (χ1v) is 6.39. The minimum absolute atomic E-state index is 0.648. The second kappa shape index (κ2) is 5.38. The molecule has 0 N–H and O–H groups in total. The predicted molar refractivity (Wildman–Crippen MR) is 79.8 cm³/mol. The molecule has 0 unspecified atom stereocenters. The first-order valence-electron chi connectivity index (χ1n) is 6.39. The SMILES string of the molecule is N#Cc1cccc(-c2cc(-c3ccccc3)ccn2)c1. The number of hydrogen-bond acceptors (Lipinski definition) is 2. The van der Waals surface area contributed by atoms with Gasteiger partial charge < -0.3 is 0 Å². The van der Waals surface area contributed by atoms with Crippen LogP contribution < -0.4 is 0 Å². The fourth-order valence-electron chi connectivity index (χ4n) is 2.15. The van der Waals surface area contributed by atoms with Crippen molar-refractivity contribution in [1.82, 2.24) is 4.98 Å². The summed E-state index contributed by atoms with van der Waals surface area (Å²) in [6, 6.07) is 23.9. The number of aromatic nitrogens is 1. The predicted octanol–water partition coefficient (Wildman–Crippen LogP) is 4.29. The molecule has 0 amide bonds. The fourth-order valence-corrected chi connectivity index (χ4v) is 2.15. The van der Waals surface area contributed by atoms with E-state index in [4.69, 9.17) is 5.26 Å². The van der Waals surface area contributed by atoms with Crippen LogP contribution in [-0.2, 0) is 0 Å². The highest BCUT2D eigenvalue weighted by atomic mass is 14.7. The standard InChI is InChI=1S/C18H12N2/c19-13-14-5-4-8-17(11-14)18-12-16(9-10-20-18)15-6-2-1-3-7-15/h1-12H. The summed E-state index contributed by atoms with van der Waals surface area (Å²) in [6.07, 6.45) is 1.80. The Hall–Kier alpha value is -2.92. The van der Waals surface area contributed by atoms with Gasteiger partial charge in [0.15, 0.2) is 0 Å². The number of rotatable bonds is 2. The van der Waals surface area contributed by atoms with Crippen LogP contribution in [0.4, 0.5) is 0 Å². The Morgan fingerprint density at radius 3 is 2.35 bits per heavy atom. The van der Waals surface area contributed by atoms with Crippen LogP contribution in [-0.4, -0.2) is 4.98 Å². The zero-order chi connectivity index (χ0) is 13.8. The van der Waals surface area contributed by atoms with Crippen molar-refractivity contribution in [3.63, 3.8) is 0 Å². The van der Waals surface area contributed by atoms with Crippen LogP contribution in [0.25, 0.3) is 22.4 Å². The zero-order valence-corrected chi connectivity index (χ0v) is 10.8.